The standard InChI is InChI=1S/C17H29N3/c1-17(2,3)7-8-19-9-11-20(12-10-19)14-15-5-4-6-16(18)13-15/h4-6,13H,7-12,14,18H2,1-3H3. The number of nitrogens with two attached hydrogens (primary N) is 1. The van der Waals surface area contributed by atoms with Crippen LogP contribution in [0.25, 0.3) is 0 Å². The van der Waals surface area contributed by atoms with Crippen LogP contribution in [0, 0.1) is 5.41 Å². The van der Waals surface area contributed by atoms with Gasteiger partial charge in [0, 0.05) is 38.4 Å². The summed E-state index contributed by atoms with van der Waals surface area (Å²) in [6, 6.07) is 8.26. The molecule has 3 heteroatoms. The fraction of sp³-hybridized carbons (Fsp3) is 0.647. The lowest BCUT2D eigenvalue weighted by molar-refractivity contribution is 0.116. The second kappa shape index (κ2) is 6.59. The maximum Gasteiger partial charge on any atom is 0.0317 e. The lowest BCUT2D eigenvalue weighted by atomic mass is 9.92. The number of nitrogen functional groups attached to an aromatic ring is 1. The molecule has 2 N–H and O–H groups in total. The van der Waals surface area contributed by atoms with Crippen molar-refractivity contribution in [3.63, 3.8) is 0 Å². The summed E-state index contributed by atoms with van der Waals surface area (Å²) in [5.41, 5.74) is 8.48. The number of hydrogen-bond acceptors (Lipinski definition) is 3. The summed E-state index contributed by atoms with van der Waals surface area (Å²) in [6.07, 6.45) is 1.28. The Morgan fingerprint density at radius 3 is 2.30 bits per heavy atom. The first kappa shape index (κ1) is 15.3. The van der Waals surface area contributed by atoms with Crippen LogP contribution in [0.3, 0.4) is 0 Å². The number of benzene rings is 1. The van der Waals surface area contributed by atoms with E-state index < -0.39 is 0 Å². The van der Waals surface area contributed by atoms with E-state index in [1.165, 1.54) is 44.7 Å². The van der Waals surface area contributed by atoms with Gasteiger partial charge in [0.05, 0.1) is 0 Å². The normalized spacial score (nSPS) is 18.4. The topological polar surface area (TPSA) is 32.5 Å². The Balaban J connectivity index is 1.74. The Hall–Kier alpha value is -1.06. The van der Waals surface area contributed by atoms with Crippen molar-refractivity contribution in [3.8, 4) is 0 Å². The van der Waals surface area contributed by atoms with Crippen LogP contribution in [0.5, 0.6) is 0 Å². The number of rotatable bonds is 4. The molecule has 1 aromatic carbocycles. The maximum absolute atomic E-state index is 5.84. The quantitative estimate of drug-likeness (QED) is 0.858. The summed E-state index contributed by atoms with van der Waals surface area (Å²) in [5.74, 6) is 0. The van der Waals surface area contributed by atoms with Gasteiger partial charge >= 0.3 is 0 Å². The van der Waals surface area contributed by atoms with E-state index in [0.717, 1.165) is 12.2 Å². The summed E-state index contributed by atoms with van der Waals surface area (Å²) in [5, 5.41) is 0. The fourth-order valence-corrected chi connectivity index (χ4v) is 2.61. The van der Waals surface area contributed by atoms with Crippen molar-refractivity contribution in [2.45, 2.75) is 33.7 Å². The highest BCUT2D eigenvalue weighted by atomic mass is 15.3. The van der Waals surface area contributed by atoms with E-state index in [-0.39, 0.29) is 0 Å². The van der Waals surface area contributed by atoms with Gasteiger partial charge in [-0.05, 0) is 36.1 Å². The minimum absolute atomic E-state index is 0.443. The predicted octanol–water partition coefficient (Wildman–Crippen LogP) is 2.82. The van der Waals surface area contributed by atoms with E-state index in [9.17, 15) is 0 Å². The molecule has 1 aromatic rings. The van der Waals surface area contributed by atoms with Gasteiger partial charge in [0.25, 0.3) is 0 Å². The largest absolute Gasteiger partial charge is 0.399 e. The minimum Gasteiger partial charge on any atom is -0.399 e. The molecule has 0 aliphatic carbocycles. The number of hydrogen-bond donors (Lipinski definition) is 1. The Labute approximate surface area is 123 Å². The van der Waals surface area contributed by atoms with Crippen molar-refractivity contribution in [2.75, 3.05) is 38.5 Å². The molecule has 0 radical (unpaired) electrons. The van der Waals surface area contributed by atoms with E-state index in [0.29, 0.717) is 5.41 Å². The summed E-state index contributed by atoms with van der Waals surface area (Å²) < 4.78 is 0. The molecule has 112 valence electrons. The van der Waals surface area contributed by atoms with Crippen molar-refractivity contribution < 1.29 is 0 Å². The third-order valence-corrected chi connectivity index (χ3v) is 4.00. The van der Waals surface area contributed by atoms with E-state index >= 15 is 0 Å². The first-order valence-electron chi connectivity index (χ1n) is 7.71. The summed E-state index contributed by atoms with van der Waals surface area (Å²) in [4.78, 5) is 5.13. The summed E-state index contributed by atoms with van der Waals surface area (Å²) in [6.45, 7) is 13.9. The van der Waals surface area contributed by atoms with Gasteiger partial charge in [-0.25, -0.2) is 0 Å². The lowest BCUT2D eigenvalue weighted by Crippen LogP contribution is -2.46. The van der Waals surface area contributed by atoms with Gasteiger partial charge in [0.15, 0.2) is 0 Å². The third-order valence-electron chi connectivity index (χ3n) is 4.00. The monoisotopic (exact) mass is 275 g/mol. The molecular formula is C17H29N3. The molecule has 0 saturated carbocycles. The first-order chi connectivity index (χ1) is 9.42. The van der Waals surface area contributed by atoms with Crippen LogP contribution in [0.1, 0.15) is 32.8 Å². The van der Waals surface area contributed by atoms with Crippen LogP contribution in [-0.4, -0.2) is 42.5 Å². The molecule has 1 aliphatic heterocycles. The molecule has 0 aromatic heterocycles. The molecule has 0 bridgehead atoms. The van der Waals surface area contributed by atoms with Crippen LogP contribution in [0.15, 0.2) is 24.3 Å². The maximum atomic E-state index is 5.84. The van der Waals surface area contributed by atoms with Crippen molar-refractivity contribution in [3.05, 3.63) is 29.8 Å². The molecule has 1 aliphatic rings. The molecule has 0 unspecified atom stereocenters. The SMILES string of the molecule is CC(C)(C)CCN1CCN(Cc2cccc(N)c2)CC1. The van der Waals surface area contributed by atoms with Gasteiger partial charge < -0.3 is 10.6 Å². The molecule has 0 amide bonds. The summed E-state index contributed by atoms with van der Waals surface area (Å²) in [7, 11) is 0. The van der Waals surface area contributed by atoms with Crippen molar-refractivity contribution in [2.24, 2.45) is 5.41 Å². The Morgan fingerprint density at radius 2 is 1.70 bits per heavy atom. The molecular weight excluding hydrogens is 246 g/mol. The van der Waals surface area contributed by atoms with Crippen molar-refractivity contribution >= 4 is 5.69 Å². The zero-order chi connectivity index (χ0) is 14.6. The second-order valence-corrected chi connectivity index (χ2v) is 7.17. The van der Waals surface area contributed by atoms with E-state index in [2.05, 4.69) is 42.7 Å². The molecule has 3 nitrogen and oxygen atoms in total. The minimum atomic E-state index is 0.443. The zero-order valence-electron chi connectivity index (χ0n) is 13.2. The second-order valence-electron chi connectivity index (χ2n) is 7.17. The lowest BCUT2D eigenvalue weighted by Gasteiger charge is -2.36. The number of anilines is 1. The Morgan fingerprint density at radius 1 is 1.05 bits per heavy atom. The average Bonchev–Trinajstić information content (AvgIpc) is 2.37. The van der Waals surface area contributed by atoms with Crippen LogP contribution >= 0.6 is 0 Å². The van der Waals surface area contributed by atoms with Gasteiger partial charge in [-0.2, -0.15) is 0 Å². The highest BCUT2D eigenvalue weighted by Gasteiger charge is 2.19. The average molecular weight is 275 g/mol. The van der Waals surface area contributed by atoms with Crippen LogP contribution in [-0.2, 0) is 6.54 Å². The molecule has 1 heterocycles. The van der Waals surface area contributed by atoms with Gasteiger partial charge in [-0.3, -0.25) is 4.90 Å². The van der Waals surface area contributed by atoms with E-state index in [4.69, 9.17) is 5.73 Å². The van der Waals surface area contributed by atoms with Crippen LogP contribution in [0.2, 0.25) is 0 Å². The van der Waals surface area contributed by atoms with Crippen LogP contribution < -0.4 is 5.73 Å². The summed E-state index contributed by atoms with van der Waals surface area (Å²) >= 11 is 0. The molecule has 0 spiro atoms. The van der Waals surface area contributed by atoms with Gasteiger partial charge in [0.2, 0.25) is 0 Å². The molecule has 0 atom stereocenters. The van der Waals surface area contributed by atoms with Gasteiger partial charge in [-0.1, -0.05) is 32.9 Å². The van der Waals surface area contributed by atoms with E-state index in [1.807, 2.05) is 12.1 Å². The van der Waals surface area contributed by atoms with Crippen LogP contribution in [0.4, 0.5) is 5.69 Å². The fourth-order valence-electron chi connectivity index (χ4n) is 2.61. The predicted molar refractivity (Wildman–Crippen MR) is 86.6 cm³/mol. The highest BCUT2D eigenvalue weighted by molar-refractivity contribution is 5.40. The van der Waals surface area contributed by atoms with Crippen molar-refractivity contribution in [1.82, 2.24) is 9.80 Å². The number of piperazine rings is 1. The Kier molecular flexibility index (Phi) is 5.06. The molecule has 20 heavy (non-hydrogen) atoms. The smallest absolute Gasteiger partial charge is 0.0317 e. The van der Waals surface area contributed by atoms with Gasteiger partial charge in [0.1, 0.15) is 0 Å². The van der Waals surface area contributed by atoms with Crippen molar-refractivity contribution in [1.29, 1.82) is 0 Å². The van der Waals surface area contributed by atoms with E-state index in [1.54, 1.807) is 0 Å². The highest BCUT2D eigenvalue weighted by Crippen LogP contribution is 2.19. The Bertz CT molecular complexity index is 414. The van der Waals surface area contributed by atoms with Gasteiger partial charge in [-0.15, -0.1) is 0 Å². The molecule has 1 saturated heterocycles. The number of nitrogens with zero attached hydrogens (tertiary/aromatic N) is 2. The first-order valence-corrected chi connectivity index (χ1v) is 7.71. The molecule has 1 fully saturated rings. The molecule has 2 rings (SSSR count). The third kappa shape index (κ3) is 5.14. The zero-order valence-corrected chi connectivity index (χ0v) is 13.2.